The summed E-state index contributed by atoms with van der Waals surface area (Å²) in [6.07, 6.45) is 3.30. The molecule has 0 atom stereocenters. The van der Waals surface area contributed by atoms with Crippen LogP contribution in [0.3, 0.4) is 0 Å². The molecule has 0 unspecified atom stereocenters. The van der Waals surface area contributed by atoms with Crippen LogP contribution in [-0.2, 0) is 6.54 Å². The third-order valence-electron chi connectivity index (χ3n) is 4.34. The van der Waals surface area contributed by atoms with E-state index < -0.39 is 0 Å². The van der Waals surface area contributed by atoms with E-state index in [-0.39, 0.29) is 0 Å². The lowest BCUT2D eigenvalue weighted by Crippen LogP contribution is -2.28. The fourth-order valence-corrected chi connectivity index (χ4v) is 4.00. The Hall–Kier alpha value is -3.15. The monoisotopic (exact) mass is 450 g/mol. The Morgan fingerprint density at radius 1 is 1.14 bits per heavy atom. The molecule has 2 heterocycles. The summed E-state index contributed by atoms with van der Waals surface area (Å²) in [5, 5.41) is 23.5. The molecule has 0 fully saturated rings. The number of aromatic nitrogens is 3. The Labute approximate surface area is 174 Å². The number of nitrogens with two attached hydrogens (primary N) is 1. The molecule has 4 aromatic rings. The van der Waals surface area contributed by atoms with Gasteiger partial charge in [-0.1, -0.05) is 6.07 Å². The Bertz CT molecular complexity index is 1130. The predicted octanol–water partition coefficient (Wildman–Crippen LogP) is 4.69. The molecule has 0 bridgehead atoms. The standard InChI is InChI=1S/C20H15BrN6S/c21-19-7-14(1-4-20(19)23)10-27(26-12-24-25-13-26)17-3-2-15(9-22)18(8-17)16-5-6-28-11-16/h1-8,11-13H,10,23H2. The summed E-state index contributed by atoms with van der Waals surface area (Å²) in [7, 11) is 0. The van der Waals surface area contributed by atoms with Gasteiger partial charge in [0, 0.05) is 15.7 Å². The average molecular weight is 451 g/mol. The molecule has 4 rings (SSSR count). The molecular formula is C20H15BrN6S. The third kappa shape index (κ3) is 3.63. The average Bonchev–Trinajstić information content (AvgIpc) is 3.42. The number of thiophene rings is 1. The minimum absolute atomic E-state index is 0.575. The van der Waals surface area contributed by atoms with E-state index >= 15 is 0 Å². The zero-order valence-electron chi connectivity index (χ0n) is 14.7. The van der Waals surface area contributed by atoms with Crippen LogP contribution in [0.4, 0.5) is 11.4 Å². The summed E-state index contributed by atoms with van der Waals surface area (Å²) >= 11 is 5.09. The first-order valence-corrected chi connectivity index (χ1v) is 10.1. The van der Waals surface area contributed by atoms with Gasteiger partial charge in [-0.25, -0.2) is 4.68 Å². The van der Waals surface area contributed by atoms with Gasteiger partial charge in [-0.05, 0) is 74.2 Å². The maximum absolute atomic E-state index is 9.52. The molecule has 0 spiro atoms. The number of halogens is 1. The molecule has 0 aliphatic heterocycles. The number of nitrogens with zero attached hydrogens (tertiary/aromatic N) is 5. The van der Waals surface area contributed by atoms with Gasteiger partial charge in [-0.2, -0.15) is 16.6 Å². The first-order chi connectivity index (χ1) is 13.7. The molecule has 0 radical (unpaired) electrons. The molecule has 28 heavy (non-hydrogen) atoms. The van der Waals surface area contributed by atoms with Gasteiger partial charge in [-0.15, -0.1) is 10.2 Å². The van der Waals surface area contributed by atoms with Crippen molar-refractivity contribution in [2.75, 3.05) is 10.7 Å². The summed E-state index contributed by atoms with van der Waals surface area (Å²) in [5.74, 6) is 0. The second-order valence-corrected chi connectivity index (χ2v) is 7.74. The van der Waals surface area contributed by atoms with Crippen LogP contribution < -0.4 is 10.7 Å². The lowest BCUT2D eigenvalue weighted by Gasteiger charge is -2.26. The zero-order chi connectivity index (χ0) is 19.5. The van der Waals surface area contributed by atoms with E-state index in [0.717, 1.165) is 26.9 Å². The molecular weight excluding hydrogens is 436 g/mol. The summed E-state index contributed by atoms with van der Waals surface area (Å²) in [6.45, 7) is 0.575. The Kier molecular flexibility index (Phi) is 5.10. The number of hydrogen-bond acceptors (Lipinski definition) is 6. The maximum atomic E-state index is 9.52. The van der Waals surface area contributed by atoms with E-state index in [0.29, 0.717) is 17.8 Å². The minimum atomic E-state index is 0.575. The van der Waals surface area contributed by atoms with Crippen molar-refractivity contribution < 1.29 is 0 Å². The first kappa shape index (κ1) is 18.2. The van der Waals surface area contributed by atoms with Crippen LogP contribution in [0, 0.1) is 11.3 Å². The van der Waals surface area contributed by atoms with Crippen molar-refractivity contribution in [3.05, 3.63) is 81.5 Å². The molecule has 2 N–H and O–H groups in total. The zero-order valence-corrected chi connectivity index (χ0v) is 17.1. The van der Waals surface area contributed by atoms with Crippen LogP contribution in [-0.4, -0.2) is 14.9 Å². The molecule has 2 aromatic carbocycles. The van der Waals surface area contributed by atoms with Crippen LogP contribution in [0.15, 0.2) is 70.4 Å². The van der Waals surface area contributed by atoms with Crippen molar-refractivity contribution in [2.24, 2.45) is 0 Å². The summed E-state index contributed by atoms with van der Waals surface area (Å²) < 4.78 is 2.68. The van der Waals surface area contributed by atoms with Crippen molar-refractivity contribution in [3.8, 4) is 17.2 Å². The quantitative estimate of drug-likeness (QED) is 0.445. The van der Waals surface area contributed by atoms with E-state index in [1.165, 1.54) is 0 Å². The minimum Gasteiger partial charge on any atom is -0.398 e. The SMILES string of the molecule is N#Cc1ccc(N(Cc2ccc(N)c(Br)c2)n2cnnc2)cc1-c1ccsc1. The normalized spacial score (nSPS) is 10.6. The predicted molar refractivity (Wildman–Crippen MR) is 115 cm³/mol. The van der Waals surface area contributed by atoms with Gasteiger partial charge in [0.1, 0.15) is 12.7 Å². The van der Waals surface area contributed by atoms with E-state index in [4.69, 9.17) is 5.73 Å². The van der Waals surface area contributed by atoms with Crippen molar-refractivity contribution in [3.63, 3.8) is 0 Å². The molecule has 8 heteroatoms. The van der Waals surface area contributed by atoms with E-state index in [1.807, 2.05) is 62.9 Å². The highest BCUT2D eigenvalue weighted by molar-refractivity contribution is 9.10. The third-order valence-corrected chi connectivity index (χ3v) is 5.71. The van der Waals surface area contributed by atoms with Gasteiger partial charge in [0.05, 0.1) is 23.9 Å². The van der Waals surface area contributed by atoms with E-state index in [2.05, 4.69) is 32.2 Å². The molecule has 0 saturated carbocycles. The smallest absolute Gasteiger partial charge is 0.139 e. The van der Waals surface area contributed by atoms with Gasteiger partial charge in [0.15, 0.2) is 0 Å². The molecule has 2 aromatic heterocycles. The number of anilines is 2. The Morgan fingerprint density at radius 2 is 1.96 bits per heavy atom. The summed E-state index contributed by atoms with van der Waals surface area (Å²) in [4.78, 5) is 0. The number of hydrogen-bond donors (Lipinski definition) is 1. The van der Waals surface area contributed by atoms with Crippen LogP contribution in [0.1, 0.15) is 11.1 Å². The molecule has 0 aliphatic rings. The largest absolute Gasteiger partial charge is 0.398 e. The maximum Gasteiger partial charge on any atom is 0.139 e. The number of rotatable bonds is 5. The van der Waals surface area contributed by atoms with Gasteiger partial charge >= 0.3 is 0 Å². The summed E-state index contributed by atoms with van der Waals surface area (Å²) in [5.41, 5.74) is 11.2. The van der Waals surface area contributed by atoms with Crippen LogP contribution in [0.2, 0.25) is 0 Å². The second kappa shape index (κ2) is 7.84. The van der Waals surface area contributed by atoms with E-state index in [9.17, 15) is 5.26 Å². The van der Waals surface area contributed by atoms with Crippen LogP contribution in [0.5, 0.6) is 0 Å². The number of benzene rings is 2. The van der Waals surface area contributed by atoms with Gasteiger partial charge in [-0.3, -0.25) is 5.01 Å². The van der Waals surface area contributed by atoms with Crippen LogP contribution >= 0.6 is 27.3 Å². The highest BCUT2D eigenvalue weighted by Crippen LogP contribution is 2.31. The van der Waals surface area contributed by atoms with Gasteiger partial charge in [0.25, 0.3) is 0 Å². The van der Waals surface area contributed by atoms with Gasteiger partial charge in [0.2, 0.25) is 0 Å². The molecule has 0 saturated heterocycles. The lowest BCUT2D eigenvalue weighted by atomic mass is 10.0. The van der Waals surface area contributed by atoms with Crippen molar-refractivity contribution >= 4 is 38.6 Å². The Morgan fingerprint density at radius 3 is 2.64 bits per heavy atom. The fraction of sp³-hybridized carbons (Fsp3) is 0.0500. The summed E-state index contributed by atoms with van der Waals surface area (Å²) in [6, 6.07) is 16.0. The first-order valence-electron chi connectivity index (χ1n) is 8.39. The molecule has 0 aliphatic carbocycles. The topological polar surface area (TPSA) is 83.8 Å². The second-order valence-electron chi connectivity index (χ2n) is 6.11. The molecule has 138 valence electrons. The Balaban J connectivity index is 1.78. The van der Waals surface area contributed by atoms with Crippen molar-refractivity contribution in [1.82, 2.24) is 14.9 Å². The van der Waals surface area contributed by atoms with Gasteiger partial charge < -0.3 is 5.73 Å². The van der Waals surface area contributed by atoms with Crippen LogP contribution in [0.25, 0.3) is 11.1 Å². The fourth-order valence-electron chi connectivity index (χ4n) is 2.91. The number of nitriles is 1. The number of nitrogen functional groups attached to an aromatic ring is 1. The highest BCUT2D eigenvalue weighted by Gasteiger charge is 2.14. The lowest BCUT2D eigenvalue weighted by molar-refractivity contribution is 0.686. The molecule has 6 nitrogen and oxygen atoms in total. The molecule has 0 amide bonds. The van der Waals surface area contributed by atoms with E-state index in [1.54, 1.807) is 24.0 Å². The highest BCUT2D eigenvalue weighted by atomic mass is 79.9. The van der Waals surface area contributed by atoms with Crippen molar-refractivity contribution in [1.29, 1.82) is 5.26 Å². The van der Waals surface area contributed by atoms with Crippen molar-refractivity contribution in [2.45, 2.75) is 6.54 Å².